The van der Waals surface area contributed by atoms with Crippen LogP contribution in [0, 0.1) is 0 Å². The van der Waals surface area contributed by atoms with Gasteiger partial charge >= 0.3 is 0 Å². The maximum atomic E-state index is 3.54. The standard InChI is InChI=1S/C14H28N2.C6H12N2/c1-2-4-8-14(9-5-3-1)16-12-7-6-10-15-11-13-16;1-2-8-5-3-7(1)4-6-8/h14-15H,1-13H2;1-6H2. The number of fused-ring (bicyclic) bond motifs is 3. The normalized spacial score (nSPS) is 33.5. The Labute approximate surface area is 149 Å². The van der Waals surface area contributed by atoms with Gasteiger partial charge < -0.3 is 5.32 Å². The molecule has 24 heavy (non-hydrogen) atoms. The molecular weight excluding hydrogens is 296 g/mol. The molecule has 0 spiro atoms. The summed E-state index contributed by atoms with van der Waals surface area (Å²) in [7, 11) is 0. The number of hydrogen-bond acceptors (Lipinski definition) is 4. The summed E-state index contributed by atoms with van der Waals surface area (Å²) in [5.74, 6) is 0. The van der Waals surface area contributed by atoms with Crippen molar-refractivity contribution in [3.63, 3.8) is 0 Å². The van der Waals surface area contributed by atoms with Gasteiger partial charge in [-0.25, -0.2) is 0 Å². The van der Waals surface area contributed by atoms with Gasteiger partial charge in [-0.15, -0.1) is 0 Å². The maximum absolute atomic E-state index is 3.54. The fraction of sp³-hybridized carbons (Fsp3) is 1.00. The van der Waals surface area contributed by atoms with Gasteiger partial charge in [-0.05, 0) is 38.8 Å². The van der Waals surface area contributed by atoms with Gasteiger partial charge in [-0.3, -0.25) is 14.7 Å². The lowest BCUT2D eigenvalue weighted by atomic mass is 9.95. The predicted octanol–water partition coefficient (Wildman–Crippen LogP) is 2.40. The van der Waals surface area contributed by atoms with Crippen molar-refractivity contribution in [3.05, 3.63) is 0 Å². The van der Waals surface area contributed by atoms with Crippen LogP contribution in [0.4, 0.5) is 0 Å². The summed E-state index contributed by atoms with van der Waals surface area (Å²) in [5, 5.41) is 3.54. The second kappa shape index (κ2) is 10.7. The van der Waals surface area contributed by atoms with Crippen molar-refractivity contribution in [2.45, 2.75) is 63.8 Å². The average Bonchev–Trinajstić information content (AvgIpc) is 2.58. The van der Waals surface area contributed by atoms with Crippen LogP contribution in [0.15, 0.2) is 0 Å². The molecule has 4 heterocycles. The second-order valence-corrected chi connectivity index (χ2v) is 8.18. The third-order valence-corrected chi connectivity index (χ3v) is 6.41. The third kappa shape index (κ3) is 6.29. The summed E-state index contributed by atoms with van der Waals surface area (Å²) in [5.41, 5.74) is 0. The fourth-order valence-electron chi connectivity index (χ4n) is 4.71. The first kappa shape index (κ1) is 18.6. The van der Waals surface area contributed by atoms with Crippen LogP contribution in [0.5, 0.6) is 0 Å². The van der Waals surface area contributed by atoms with Crippen molar-refractivity contribution in [2.75, 3.05) is 65.4 Å². The van der Waals surface area contributed by atoms with Crippen LogP contribution in [0.2, 0.25) is 0 Å². The molecule has 0 unspecified atom stereocenters. The minimum atomic E-state index is 0.903. The summed E-state index contributed by atoms with van der Waals surface area (Å²) in [6.45, 7) is 13.0. The topological polar surface area (TPSA) is 21.8 Å². The number of hydrogen-bond donors (Lipinski definition) is 1. The molecule has 0 aromatic rings. The minimum Gasteiger partial charge on any atom is -0.315 e. The quantitative estimate of drug-likeness (QED) is 0.794. The molecule has 4 saturated heterocycles. The molecule has 2 bridgehead atoms. The van der Waals surface area contributed by atoms with E-state index in [0.717, 1.165) is 6.04 Å². The van der Waals surface area contributed by atoms with Gasteiger partial charge in [0.15, 0.2) is 0 Å². The molecule has 140 valence electrons. The maximum Gasteiger partial charge on any atom is 0.0110 e. The van der Waals surface area contributed by atoms with Crippen LogP contribution in [-0.2, 0) is 0 Å². The SMILES string of the molecule is C1CCCC(N2CCCCNCC2)CCC1.C1CN2CCN1CC2. The lowest BCUT2D eigenvalue weighted by Gasteiger charge is -2.41. The first-order valence-corrected chi connectivity index (χ1v) is 10.8. The smallest absolute Gasteiger partial charge is 0.0110 e. The van der Waals surface area contributed by atoms with Gasteiger partial charge in [0.2, 0.25) is 0 Å². The van der Waals surface area contributed by atoms with Crippen molar-refractivity contribution in [3.8, 4) is 0 Å². The molecule has 0 atom stereocenters. The summed E-state index contributed by atoms with van der Waals surface area (Å²) < 4.78 is 0. The molecule has 0 aromatic heterocycles. The van der Waals surface area contributed by atoms with Gasteiger partial charge in [0, 0.05) is 58.4 Å². The largest absolute Gasteiger partial charge is 0.315 e. The Morgan fingerprint density at radius 1 is 0.500 bits per heavy atom. The van der Waals surface area contributed by atoms with E-state index in [1.54, 1.807) is 0 Å². The van der Waals surface area contributed by atoms with Crippen LogP contribution in [0.25, 0.3) is 0 Å². The minimum absolute atomic E-state index is 0.903. The molecule has 4 heteroatoms. The zero-order valence-corrected chi connectivity index (χ0v) is 15.9. The molecule has 5 rings (SSSR count). The van der Waals surface area contributed by atoms with Crippen LogP contribution in [0.1, 0.15) is 57.8 Å². The van der Waals surface area contributed by atoms with E-state index in [4.69, 9.17) is 0 Å². The molecule has 4 nitrogen and oxygen atoms in total. The van der Waals surface area contributed by atoms with Gasteiger partial charge in [0.05, 0.1) is 0 Å². The van der Waals surface area contributed by atoms with Gasteiger partial charge in [0.25, 0.3) is 0 Å². The first-order chi connectivity index (χ1) is 11.9. The molecule has 1 saturated carbocycles. The van der Waals surface area contributed by atoms with Crippen molar-refractivity contribution < 1.29 is 0 Å². The third-order valence-electron chi connectivity index (χ3n) is 6.41. The zero-order valence-electron chi connectivity index (χ0n) is 15.9. The molecule has 0 amide bonds. The molecule has 1 aliphatic carbocycles. The van der Waals surface area contributed by atoms with E-state index in [0.29, 0.717) is 0 Å². The van der Waals surface area contributed by atoms with Crippen molar-refractivity contribution in [1.82, 2.24) is 20.0 Å². The van der Waals surface area contributed by atoms with E-state index in [1.165, 1.54) is 123 Å². The lowest BCUT2D eigenvalue weighted by Crippen LogP contribution is -2.55. The Bertz CT molecular complexity index is 269. The van der Waals surface area contributed by atoms with E-state index in [9.17, 15) is 0 Å². The van der Waals surface area contributed by atoms with Crippen LogP contribution < -0.4 is 5.32 Å². The summed E-state index contributed by atoms with van der Waals surface area (Å²) >= 11 is 0. The molecule has 1 N–H and O–H groups in total. The van der Waals surface area contributed by atoms with E-state index in [-0.39, 0.29) is 0 Å². The van der Waals surface area contributed by atoms with Crippen molar-refractivity contribution in [2.24, 2.45) is 0 Å². The highest BCUT2D eigenvalue weighted by molar-refractivity contribution is 4.78. The van der Waals surface area contributed by atoms with Crippen LogP contribution >= 0.6 is 0 Å². The second-order valence-electron chi connectivity index (χ2n) is 8.18. The number of nitrogens with zero attached hydrogens (tertiary/aromatic N) is 3. The highest BCUT2D eigenvalue weighted by atomic mass is 15.3. The molecule has 5 fully saturated rings. The number of rotatable bonds is 1. The van der Waals surface area contributed by atoms with Crippen molar-refractivity contribution >= 4 is 0 Å². The Hall–Kier alpha value is -0.160. The molecular formula is C20H40N4. The fourth-order valence-corrected chi connectivity index (χ4v) is 4.71. The molecule has 0 aromatic carbocycles. The molecule has 4 aliphatic heterocycles. The molecule has 0 radical (unpaired) electrons. The van der Waals surface area contributed by atoms with Crippen molar-refractivity contribution in [1.29, 1.82) is 0 Å². The summed E-state index contributed by atoms with van der Waals surface area (Å²) in [6, 6.07) is 0.903. The van der Waals surface area contributed by atoms with Crippen LogP contribution in [0.3, 0.4) is 0 Å². The Morgan fingerprint density at radius 3 is 1.67 bits per heavy atom. The Kier molecular flexibility index (Phi) is 8.34. The van der Waals surface area contributed by atoms with Crippen LogP contribution in [-0.4, -0.2) is 86.2 Å². The summed E-state index contributed by atoms with van der Waals surface area (Å²) in [6.07, 6.45) is 13.0. The highest BCUT2D eigenvalue weighted by Gasteiger charge is 2.22. The Balaban J connectivity index is 0.000000175. The first-order valence-electron chi connectivity index (χ1n) is 10.8. The Morgan fingerprint density at radius 2 is 1.08 bits per heavy atom. The summed E-state index contributed by atoms with van der Waals surface area (Å²) in [4.78, 5) is 7.86. The monoisotopic (exact) mass is 336 g/mol. The number of nitrogens with one attached hydrogen (secondary N) is 1. The molecule has 5 aliphatic rings. The highest BCUT2D eigenvalue weighted by Crippen LogP contribution is 2.21. The predicted molar refractivity (Wildman–Crippen MR) is 103 cm³/mol. The average molecular weight is 337 g/mol. The number of piperazine rings is 3. The van der Waals surface area contributed by atoms with E-state index in [1.807, 2.05) is 0 Å². The lowest BCUT2D eigenvalue weighted by molar-refractivity contribution is 0.0647. The zero-order chi connectivity index (χ0) is 16.5. The van der Waals surface area contributed by atoms with E-state index >= 15 is 0 Å². The van der Waals surface area contributed by atoms with Gasteiger partial charge in [-0.1, -0.05) is 32.1 Å². The van der Waals surface area contributed by atoms with E-state index < -0.39 is 0 Å². The van der Waals surface area contributed by atoms with E-state index in [2.05, 4.69) is 20.0 Å². The van der Waals surface area contributed by atoms with Gasteiger partial charge in [-0.2, -0.15) is 0 Å². The van der Waals surface area contributed by atoms with Gasteiger partial charge in [0.1, 0.15) is 0 Å².